The van der Waals surface area contributed by atoms with Crippen LogP contribution in [0.25, 0.3) is 0 Å². The van der Waals surface area contributed by atoms with Crippen LogP contribution >= 0.6 is 11.3 Å². The van der Waals surface area contributed by atoms with E-state index >= 15 is 0 Å². The zero-order chi connectivity index (χ0) is 14.8. The van der Waals surface area contributed by atoms with Crippen LogP contribution in [0.1, 0.15) is 23.1 Å². The molecular formula is C12H16N6O2S. The molecule has 2 aromatic rings. The van der Waals surface area contributed by atoms with Crippen molar-refractivity contribution < 1.29 is 9.53 Å². The predicted molar refractivity (Wildman–Crippen MR) is 77.1 cm³/mol. The molecule has 1 fully saturated rings. The number of aryl methyl sites for hydroxylation is 2. The summed E-state index contributed by atoms with van der Waals surface area (Å²) in [5.74, 6) is 0. The fourth-order valence-corrected chi connectivity index (χ4v) is 2.89. The largest absolute Gasteiger partial charge is 0.371 e. The second-order valence-corrected chi connectivity index (χ2v) is 6.04. The molecule has 0 saturated carbocycles. The average molecular weight is 308 g/mol. The van der Waals surface area contributed by atoms with E-state index in [1.54, 1.807) is 10.9 Å². The number of nitrogens with zero attached hydrogens (tertiary/aromatic N) is 4. The standard InChI is InChI=1S/C12H16N6O2S/c1-7-16-17-12(21-7)15-11(19)14-9-3-4-20-10(9)8-5-13-18(2)6-8/h5-6,9-10H,3-4H2,1-2H3,(H2,14,15,17,19)/t9-,10+/m0/s1. The summed E-state index contributed by atoms with van der Waals surface area (Å²) in [6, 6.07) is -0.376. The van der Waals surface area contributed by atoms with Crippen LogP contribution in [0.3, 0.4) is 0 Å². The van der Waals surface area contributed by atoms with Crippen LogP contribution in [-0.4, -0.2) is 38.7 Å². The van der Waals surface area contributed by atoms with Crippen molar-refractivity contribution in [2.45, 2.75) is 25.5 Å². The first-order chi connectivity index (χ1) is 10.1. The SMILES string of the molecule is Cc1nnc(NC(=O)N[C@H]2CCO[C@@H]2c2cnn(C)c2)s1. The first-order valence-corrected chi connectivity index (χ1v) is 7.41. The topological polar surface area (TPSA) is 94.0 Å². The number of hydrogen-bond donors (Lipinski definition) is 2. The monoisotopic (exact) mass is 308 g/mol. The number of rotatable bonds is 3. The van der Waals surface area contributed by atoms with Crippen LogP contribution in [0.4, 0.5) is 9.93 Å². The van der Waals surface area contributed by atoms with Gasteiger partial charge in [0.1, 0.15) is 11.1 Å². The van der Waals surface area contributed by atoms with Crippen LogP contribution in [0.5, 0.6) is 0 Å². The second kappa shape index (κ2) is 5.78. The molecule has 21 heavy (non-hydrogen) atoms. The number of amides is 2. The lowest BCUT2D eigenvalue weighted by molar-refractivity contribution is 0.100. The van der Waals surface area contributed by atoms with Crippen LogP contribution in [-0.2, 0) is 11.8 Å². The number of nitrogens with one attached hydrogen (secondary N) is 2. The Labute approximate surface area is 125 Å². The average Bonchev–Trinajstić information content (AvgIpc) is 3.12. The molecule has 1 saturated heterocycles. The zero-order valence-corrected chi connectivity index (χ0v) is 12.6. The van der Waals surface area contributed by atoms with Crippen molar-refractivity contribution in [3.63, 3.8) is 0 Å². The van der Waals surface area contributed by atoms with Crippen LogP contribution in [0.2, 0.25) is 0 Å². The first-order valence-electron chi connectivity index (χ1n) is 6.59. The molecule has 0 spiro atoms. The quantitative estimate of drug-likeness (QED) is 0.889. The molecule has 0 aliphatic carbocycles. The lowest BCUT2D eigenvalue weighted by Gasteiger charge is -2.18. The zero-order valence-electron chi connectivity index (χ0n) is 11.7. The molecular weight excluding hydrogens is 292 g/mol. The summed E-state index contributed by atoms with van der Waals surface area (Å²) in [7, 11) is 1.85. The molecule has 9 heteroatoms. The molecule has 0 aromatic carbocycles. The maximum atomic E-state index is 12.0. The van der Waals surface area contributed by atoms with E-state index in [0.717, 1.165) is 17.0 Å². The summed E-state index contributed by atoms with van der Waals surface area (Å²) in [5, 5.41) is 18.8. The molecule has 1 aliphatic heterocycles. The summed E-state index contributed by atoms with van der Waals surface area (Å²) in [5.41, 5.74) is 0.965. The number of carbonyl (C=O) groups is 1. The second-order valence-electron chi connectivity index (χ2n) is 4.86. The number of urea groups is 1. The molecule has 112 valence electrons. The van der Waals surface area contributed by atoms with Gasteiger partial charge in [-0.25, -0.2) is 4.79 Å². The molecule has 2 aromatic heterocycles. The normalized spacial score (nSPS) is 21.4. The minimum absolute atomic E-state index is 0.0804. The summed E-state index contributed by atoms with van der Waals surface area (Å²) in [4.78, 5) is 12.0. The van der Waals surface area contributed by atoms with Gasteiger partial charge in [0.2, 0.25) is 5.13 Å². The van der Waals surface area contributed by atoms with Crippen molar-refractivity contribution >= 4 is 22.5 Å². The lowest BCUT2D eigenvalue weighted by Crippen LogP contribution is -2.39. The van der Waals surface area contributed by atoms with Gasteiger partial charge in [0.25, 0.3) is 0 Å². The molecule has 2 N–H and O–H groups in total. The van der Waals surface area contributed by atoms with E-state index in [1.165, 1.54) is 11.3 Å². The van der Waals surface area contributed by atoms with Gasteiger partial charge in [0, 0.05) is 25.4 Å². The van der Waals surface area contributed by atoms with Crippen molar-refractivity contribution in [3.05, 3.63) is 23.0 Å². The molecule has 8 nitrogen and oxygen atoms in total. The van der Waals surface area contributed by atoms with Crippen LogP contribution in [0, 0.1) is 6.92 Å². The summed E-state index contributed by atoms with van der Waals surface area (Å²) in [6.45, 7) is 2.45. The number of ether oxygens (including phenoxy) is 1. The van der Waals surface area contributed by atoms with E-state index in [1.807, 2.05) is 20.2 Å². The Kier molecular flexibility index (Phi) is 3.84. The Morgan fingerprint density at radius 3 is 3.05 bits per heavy atom. The predicted octanol–water partition coefficient (Wildman–Crippen LogP) is 1.23. The van der Waals surface area contributed by atoms with Crippen molar-refractivity contribution in [2.24, 2.45) is 7.05 Å². The van der Waals surface area contributed by atoms with Gasteiger partial charge in [-0.15, -0.1) is 10.2 Å². The van der Waals surface area contributed by atoms with Gasteiger partial charge in [-0.3, -0.25) is 10.00 Å². The Hall–Kier alpha value is -2.00. The maximum absolute atomic E-state index is 12.0. The van der Waals surface area contributed by atoms with Gasteiger partial charge in [-0.1, -0.05) is 11.3 Å². The fraction of sp³-hybridized carbons (Fsp3) is 0.500. The van der Waals surface area contributed by atoms with Crippen molar-refractivity contribution in [1.29, 1.82) is 0 Å². The van der Waals surface area contributed by atoms with E-state index in [4.69, 9.17) is 4.74 Å². The van der Waals surface area contributed by atoms with Crippen molar-refractivity contribution in [1.82, 2.24) is 25.3 Å². The Balaban J connectivity index is 1.62. The van der Waals surface area contributed by atoms with E-state index in [9.17, 15) is 4.79 Å². The van der Waals surface area contributed by atoms with Gasteiger partial charge < -0.3 is 10.1 Å². The lowest BCUT2D eigenvalue weighted by atomic mass is 10.1. The Bertz CT molecular complexity index is 639. The van der Waals surface area contributed by atoms with Gasteiger partial charge in [-0.2, -0.15) is 5.10 Å². The minimum Gasteiger partial charge on any atom is -0.371 e. The summed E-state index contributed by atoms with van der Waals surface area (Å²) >= 11 is 1.34. The number of aromatic nitrogens is 4. The van der Waals surface area contributed by atoms with E-state index in [0.29, 0.717) is 11.7 Å². The van der Waals surface area contributed by atoms with Gasteiger partial charge in [-0.05, 0) is 13.3 Å². The third-order valence-electron chi connectivity index (χ3n) is 3.21. The third-order valence-corrected chi connectivity index (χ3v) is 3.96. The fourth-order valence-electron chi connectivity index (χ4n) is 2.30. The van der Waals surface area contributed by atoms with Crippen molar-refractivity contribution in [2.75, 3.05) is 11.9 Å². The highest BCUT2D eigenvalue weighted by atomic mass is 32.1. The molecule has 1 aliphatic rings. The van der Waals surface area contributed by atoms with Crippen LogP contribution in [0.15, 0.2) is 12.4 Å². The molecule has 0 bridgehead atoms. The van der Waals surface area contributed by atoms with Crippen LogP contribution < -0.4 is 10.6 Å². The third kappa shape index (κ3) is 3.19. The summed E-state index contributed by atoms with van der Waals surface area (Å²) < 4.78 is 7.42. The van der Waals surface area contributed by atoms with E-state index < -0.39 is 0 Å². The van der Waals surface area contributed by atoms with Crippen molar-refractivity contribution in [3.8, 4) is 0 Å². The smallest absolute Gasteiger partial charge is 0.321 e. The molecule has 2 atom stereocenters. The number of anilines is 1. The highest BCUT2D eigenvalue weighted by Crippen LogP contribution is 2.28. The number of hydrogen-bond acceptors (Lipinski definition) is 6. The highest BCUT2D eigenvalue weighted by molar-refractivity contribution is 7.15. The van der Waals surface area contributed by atoms with E-state index in [2.05, 4.69) is 25.9 Å². The van der Waals surface area contributed by atoms with Gasteiger partial charge in [0.15, 0.2) is 0 Å². The highest BCUT2D eigenvalue weighted by Gasteiger charge is 2.31. The van der Waals surface area contributed by atoms with Gasteiger partial charge >= 0.3 is 6.03 Å². The van der Waals surface area contributed by atoms with Gasteiger partial charge in [0.05, 0.1) is 12.2 Å². The number of carbonyl (C=O) groups excluding carboxylic acids is 1. The molecule has 3 heterocycles. The summed E-state index contributed by atoms with van der Waals surface area (Å²) in [6.07, 6.45) is 4.26. The Morgan fingerprint density at radius 1 is 1.52 bits per heavy atom. The minimum atomic E-state index is -0.296. The Morgan fingerprint density at radius 2 is 2.38 bits per heavy atom. The molecule has 0 radical (unpaired) electrons. The molecule has 2 amide bonds. The molecule has 3 rings (SSSR count). The van der Waals surface area contributed by atoms with E-state index in [-0.39, 0.29) is 18.2 Å². The molecule has 0 unspecified atom stereocenters. The maximum Gasteiger partial charge on any atom is 0.321 e. The first kappa shape index (κ1) is 14.0.